The lowest BCUT2D eigenvalue weighted by atomic mass is 10.0. The van der Waals surface area contributed by atoms with Crippen LogP contribution >= 0.6 is 15.9 Å². The van der Waals surface area contributed by atoms with Gasteiger partial charge in [0.2, 0.25) is 0 Å². The van der Waals surface area contributed by atoms with E-state index in [1.807, 2.05) is 30.3 Å². The fourth-order valence-corrected chi connectivity index (χ4v) is 2.58. The van der Waals surface area contributed by atoms with Crippen LogP contribution in [0.3, 0.4) is 0 Å². The van der Waals surface area contributed by atoms with Crippen molar-refractivity contribution >= 4 is 26.9 Å². The number of aromatic hydroxyl groups is 1. The number of hydrogen-bond donors (Lipinski definition) is 1. The normalized spacial score (nSPS) is 10.8. The van der Waals surface area contributed by atoms with Crippen LogP contribution in [-0.4, -0.2) is 5.11 Å². The van der Waals surface area contributed by atoms with Gasteiger partial charge >= 0.3 is 5.63 Å². The molecular weight excluding hydrogens is 308 g/mol. The van der Waals surface area contributed by atoms with Crippen molar-refractivity contribution < 1.29 is 9.52 Å². The van der Waals surface area contributed by atoms with Gasteiger partial charge < -0.3 is 9.52 Å². The molecule has 1 N–H and O–H groups in total. The Morgan fingerprint density at radius 2 is 1.79 bits per heavy atom. The smallest absolute Gasteiger partial charge is 0.351 e. The standard InChI is InChI=1S/C15H9BrO3/c16-14-13(9-4-2-1-3-5-9)11-7-6-10(17)8-12(11)19-15(14)18/h1-8,17H. The molecule has 3 rings (SSSR count). The fourth-order valence-electron chi connectivity index (χ4n) is 2.05. The van der Waals surface area contributed by atoms with Crippen LogP contribution in [0.2, 0.25) is 0 Å². The Morgan fingerprint density at radius 1 is 1.05 bits per heavy atom. The summed E-state index contributed by atoms with van der Waals surface area (Å²) in [5.41, 5.74) is 1.59. The third-order valence-electron chi connectivity index (χ3n) is 2.90. The van der Waals surface area contributed by atoms with Crippen molar-refractivity contribution in [1.29, 1.82) is 0 Å². The molecule has 0 unspecified atom stereocenters. The number of halogens is 1. The predicted molar refractivity (Wildman–Crippen MR) is 77.3 cm³/mol. The molecule has 0 saturated heterocycles. The van der Waals surface area contributed by atoms with Crippen molar-refractivity contribution in [3.63, 3.8) is 0 Å². The first-order valence-corrected chi connectivity index (χ1v) is 6.47. The number of phenolic OH excluding ortho intramolecular Hbond substituents is 1. The third kappa shape index (κ3) is 2.04. The lowest BCUT2D eigenvalue weighted by molar-refractivity contribution is 0.473. The monoisotopic (exact) mass is 316 g/mol. The summed E-state index contributed by atoms with van der Waals surface area (Å²) in [6, 6.07) is 14.3. The molecule has 0 aliphatic carbocycles. The van der Waals surface area contributed by atoms with E-state index in [9.17, 15) is 9.90 Å². The van der Waals surface area contributed by atoms with Gasteiger partial charge in [-0.25, -0.2) is 4.79 Å². The van der Waals surface area contributed by atoms with E-state index in [1.165, 1.54) is 6.07 Å². The molecule has 4 heteroatoms. The quantitative estimate of drug-likeness (QED) is 0.692. The van der Waals surface area contributed by atoms with Crippen LogP contribution < -0.4 is 5.63 Å². The summed E-state index contributed by atoms with van der Waals surface area (Å²) < 4.78 is 5.56. The molecule has 19 heavy (non-hydrogen) atoms. The topological polar surface area (TPSA) is 50.4 Å². The largest absolute Gasteiger partial charge is 0.508 e. The highest BCUT2D eigenvalue weighted by molar-refractivity contribution is 9.10. The van der Waals surface area contributed by atoms with E-state index in [1.54, 1.807) is 12.1 Å². The number of hydrogen-bond acceptors (Lipinski definition) is 3. The van der Waals surface area contributed by atoms with E-state index in [0.717, 1.165) is 16.5 Å². The SMILES string of the molecule is O=c1oc2cc(O)ccc2c(-c2ccccc2)c1Br. The van der Waals surface area contributed by atoms with Gasteiger partial charge in [-0.2, -0.15) is 0 Å². The summed E-state index contributed by atoms with van der Waals surface area (Å²) in [6.45, 7) is 0. The highest BCUT2D eigenvalue weighted by Crippen LogP contribution is 2.34. The van der Waals surface area contributed by atoms with Gasteiger partial charge in [-0.15, -0.1) is 0 Å². The summed E-state index contributed by atoms with van der Waals surface area (Å²) in [7, 11) is 0. The molecule has 2 aromatic carbocycles. The van der Waals surface area contributed by atoms with Crippen LogP contribution in [0.15, 0.2) is 62.2 Å². The summed E-state index contributed by atoms with van der Waals surface area (Å²) in [6.07, 6.45) is 0. The van der Waals surface area contributed by atoms with Crippen LogP contribution in [0.25, 0.3) is 22.1 Å². The zero-order valence-electron chi connectivity index (χ0n) is 9.76. The van der Waals surface area contributed by atoms with Gasteiger partial charge in [0, 0.05) is 17.0 Å². The first-order valence-electron chi connectivity index (χ1n) is 5.67. The van der Waals surface area contributed by atoms with Crippen molar-refractivity contribution in [2.24, 2.45) is 0 Å². The molecule has 1 aromatic heterocycles. The molecule has 0 spiro atoms. The minimum Gasteiger partial charge on any atom is -0.508 e. The Labute approximate surface area is 117 Å². The molecule has 0 radical (unpaired) electrons. The number of phenols is 1. The Balaban J connectivity index is 2.46. The van der Waals surface area contributed by atoms with Gasteiger partial charge in [-0.05, 0) is 33.6 Å². The molecule has 0 amide bonds. The second-order valence-electron chi connectivity index (χ2n) is 4.12. The van der Waals surface area contributed by atoms with Gasteiger partial charge in [-0.1, -0.05) is 30.3 Å². The van der Waals surface area contributed by atoms with Crippen molar-refractivity contribution in [3.05, 3.63) is 63.4 Å². The molecule has 3 nitrogen and oxygen atoms in total. The minimum absolute atomic E-state index is 0.0667. The Morgan fingerprint density at radius 3 is 2.53 bits per heavy atom. The molecule has 0 atom stereocenters. The second kappa shape index (κ2) is 4.55. The van der Waals surface area contributed by atoms with Crippen LogP contribution in [0, 0.1) is 0 Å². The number of benzene rings is 2. The maximum Gasteiger partial charge on any atom is 0.351 e. The van der Waals surface area contributed by atoms with Crippen LogP contribution in [0.1, 0.15) is 0 Å². The maximum atomic E-state index is 11.8. The van der Waals surface area contributed by atoms with E-state index in [2.05, 4.69) is 15.9 Å². The van der Waals surface area contributed by atoms with E-state index in [0.29, 0.717) is 10.1 Å². The lowest BCUT2D eigenvalue weighted by Crippen LogP contribution is -2.02. The molecule has 0 fully saturated rings. The van der Waals surface area contributed by atoms with Crippen molar-refractivity contribution in [1.82, 2.24) is 0 Å². The third-order valence-corrected chi connectivity index (χ3v) is 3.62. The first-order chi connectivity index (χ1) is 9.16. The summed E-state index contributed by atoms with van der Waals surface area (Å²) >= 11 is 3.29. The van der Waals surface area contributed by atoms with Gasteiger partial charge in [0.1, 0.15) is 15.8 Å². The zero-order valence-corrected chi connectivity index (χ0v) is 11.3. The highest BCUT2D eigenvalue weighted by atomic mass is 79.9. The van der Waals surface area contributed by atoms with Crippen LogP contribution in [0.4, 0.5) is 0 Å². The zero-order chi connectivity index (χ0) is 13.4. The van der Waals surface area contributed by atoms with Gasteiger partial charge in [0.15, 0.2) is 0 Å². The second-order valence-corrected chi connectivity index (χ2v) is 4.92. The highest BCUT2D eigenvalue weighted by Gasteiger charge is 2.14. The van der Waals surface area contributed by atoms with Crippen molar-refractivity contribution in [2.45, 2.75) is 0 Å². The summed E-state index contributed by atoms with van der Waals surface area (Å²) in [5.74, 6) is 0.0667. The average molecular weight is 317 g/mol. The van der Waals surface area contributed by atoms with Gasteiger partial charge in [0.05, 0.1) is 0 Å². The molecular formula is C15H9BrO3. The molecule has 1 heterocycles. The van der Waals surface area contributed by atoms with E-state index >= 15 is 0 Å². The van der Waals surface area contributed by atoms with Crippen molar-refractivity contribution in [3.8, 4) is 16.9 Å². The molecule has 94 valence electrons. The summed E-state index contributed by atoms with van der Waals surface area (Å²) in [4.78, 5) is 11.8. The van der Waals surface area contributed by atoms with E-state index in [4.69, 9.17) is 4.42 Å². The minimum atomic E-state index is -0.461. The van der Waals surface area contributed by atoms with Crippen molar-refractivity contribution in [2.75, 3.05) is 0 Å². The van der Waals surface area contributed by atoms with Crippen LogP contribution in [-0.2, 0) is 0 Å². The Hall–Kier alpha value is -2.07. The van der Waals surface area contributed by atoms with Gasteiger partial charge in [0.25, 0.3) is 0 Å². The van der Waals surface area contributed by atoms with E-state index < -0.39 is 5.63 Å². The average Bonchev–Trinajstić information content (AvgIpc) is 2.41. The number of rotatable bonds is 1. The molecule has 3 aromatic rings. The van der Waals surface area contributed by atoms with Gasteiger partial charge in [-0.3, -0.25) is 0 Å². The van der Waals surface area contributed by atoms with Crippen LogP contribution in [0.5, 0.6) is 5.75 Å². The predicted octanol–water partition coefficient (Wildman–Crippen LogP) is 3.93. The first kappa shape index (κ1) is 12.0. The molecule has 0 aliphatic rings. The molecule has 0 bridgehead atoms. The van der Waals surface area contributed by atoms with E-state index in [-0.39, 0.29) is 5.75 Å². The maximum absolute atomic E-state index is 11.8. The summed E-state index contributed by atoms with van der Waals surface area (Å²) in [5, 5.41) is 10.3. The Kier molecular flexibility index (Phi) is 2.87. The molecule has 0 saturated carbocycles. The molecule has 0 aliphatic heterocycles. The fraction of sp³-hybridized carbons (Fsp3) is 0. The lowest BCUT2D eigenvalue weighted by Gasteiger charge is -2.08. The Bertz CT molecular complexity index is 807. The number of fused-ring (bicyclic) bond motifs is 1.